The highest BCUT2D eigenvalue weighted by atomic mass is 19.1. The number of benzene rings is 3. The van der Waals surface area contributed by atoms with Crippen LogP contribution in [0, 0.1) is 5.82 Å². The van der Waals surface area contributed by atoms with Crippen molar-refractivity contribution in [1.82, 2.24) is 14.9 Å². The van der Waals surface area contributed by atoms with E-state index in [9.17, 15) is 19.1 Å². The zero-order valence-electron chi connectivity index (χ0n) is 18.4. The van der Waals surface area contributed by atoms with Crippen molar-refractivity contribution in [2.45, 2.75) is 6.61 Å². The van der Waals surface area contributed by atoms with Gasteiger partial charge in [-0.3, -0.25) is 14.6 Å². The third kappa shape index (κ3) is 4.04. The van der Waals surface area contributed by atoms with E-state index in [0.29, 0.717) is 59.7 Å². The number of carbonyl (C=O) groups is 1. The molecule has 0 aliphatic carbocycles. The number of amides is 1. The van der Waals surface area contributed by atoms with Crippen LogP contribution in [0.25, 0.3) is 22.0 Å². The van der Waals surface area contributed by atoms with Gasteiger partial charge in [0.1, 0.15) is 5.82 Å². The number of fused-ring (bicyclic) bond motifs is 1. The molecule has 1 aliphatic heterocycles. The largest absolute Gasteiger partial charge is 0.392 e. The van der Waals surface area contributed by atoms with Crippen molar-refractivity contribution in [2.24, 2.45) is 0 Å². The van der Waals surface area contributed by atoms with Gasteiger partial charge in [-0.05, 0) is 41.5 Å². The first-order valence-corrected chi connectivity index (χ1v) is 11.1. The third-order valence-corrected chi connectivity index (χ3v) is 6.16. The lowest BCUT2D eigenvalue weighted by atomic mass is 9.97. The Kier molecular flexibility index (Phi) is 5.81. The smallest absolute Gasteiger partial charge is 0.260 e. The Hall–Kier alpha value is -4.04. The highest BCUT2D eigenvalue weighted by Crippen LogP contribution is 2.28. The average molecular weight is 458 g/mol. The second-order valence-corrected chi connectivity index (χ2v) is 8.20. The van der Waals surface area contributed by atoms with Crippen molar-refractivity contribution in [3.63, 3.8) is 0 Å². The highest BCUT2D eigenvalue weighted by molar-refractivity contribution is 5.96. The summed E-state index contributed by atoms with van der Waals surface area (Å²) >= 11 is 0. The molecule has 8 heteroatoms. The fourth-order valence-corrected chi connectivity index (χ4v) is 4.31. The number of rotatable bonds is 4. The van der Waals surface area contributed by atoms with Crippen LogP contribution in [0.15, 0.2) is 71.5 Å². The summed E-state index contributed by atoms with van der Waals surface area (Å²) in [7, 11) is 0. The Balaban J connectivity index is 1.34. The van der Waals surface area contributed by atoms with E-state index in [4.69, 9.17) is 0 Å². The van der Waals surface area contributed by atoms with Crippen LogP contribution in [0.1, 0.15) is 15.9 Å². The molecule has 7 nitrogen and oxygen atoms in total. The summed E-state index contributed by atoms with van der Waals surface area (Å²) in [6.07, 6.45) is 0. The number of anilines is 1. The Morgan fingerprint density at radius 1 is 0.971 bits per heavy atom. The number of nitrogens with zero attached hydrogens (tertiary/aromatic N) is 3. The fraction of sp³-hybridized carbons (Fsp3) is 0.192. The van der Waals surface area contributed by atoms with Crippen LogP contribution in [0.5, 0.6) is 0 Å². The van der Waals surface area contributed by atoms with Gasteiger partial charge in [-0.15, -0.1) is 0 Å². The Labute approximate surface area is 195 Å². The molecule has 2 heterocycles. The molecular weight excluding hydrogens is 435 g/mol. The van der Waals surface area contributed by atoms with Crippen molar-refractivity contribution in [2.75, 3.05) is 31.1 Å². The average Bonchev–Trinajstić information content (AvgIpc) is 2.88. The van der Waals surface area contributed by atoms with E-state index < -0.39 is 5.82 Å². The molecule has 5 rings (SSSR count). The Bertz CT molecular complexity index is 1430. The van der Waals surface area contributed by atoms with Gasteiger partial charge in [0, 0.05) is 37.3 Å². The SMILES string of the molecule is O=C(c1ccc(F)c(-c2ccccc2CO)c1)N1CCN(c2nc3ccccc3c(=O)[nH]2)CC1. The van der Waals surface area contributed by atoms with E-state index in [1.54, 1.807) is 53.4 Å². The van der Waals surface area contributed by atoms with Crippen LogP contribution in [0.2, 0.25) is 0 Å². The number of halogens is 1. The quantitative estimate of drug-likeness (QED) is 0.490. The maximum absolute atomic E-state index is 14.6. The molecule has 0 unspecified atom stereocenters. The number of piperazine rings is 1. The van der Waals surface area contributed by atoms with Gasteiger partial charge in [0.25, 0.3) is 11.5 Å². The number of carbonyl (C=O) groups excluding carboxylic acids is 1. The zero-order valence-corrected chi connectivity index (χ0v) is 18.4. The summed E-state index contributed by atoms with van der Waals surface area (Å²) < 4.78 is 14.6. The number of para-hydroxylation sites is 1. The van der Waals surface area contributed by atoms with Gasteiger partial charge in [0.05, 0.1) is 17.5 Å². The maximum Gasteiger partial charge on any atom is 0.260 e. The summed E-state index contributed by atoms with van der Waals surface area (Å²) in [6, 6.07) is 18.5. The van der Waals surface area contributed by atoms with Crippen LogP contribution in [-0.2, 0) is 6.61 Å². The Morgan fingerprint density at radius 2 is 1.71 bits per heavy atom. The maximum atomic E-state index is 14.6. The number of aliphatic hydroxyl groups excluding tert-OH is 1. The van der Waals surface area contributed by atoms with Gasteiger partial charge in [0.15, 0.2) is 0 Å². The fourth-order valence-electron chi connectivity index (χ4n) is 4.31. The molecule has 1 amide bonds. The lowest BCUT2D eigenvalue weighted by Gasteiger charge is -2.35. The number of nitrogens with one attached hydrogen (secondary N) is 1. The predicted molar refractivity (Wildman–Crippen MR) is 128 cm³/mol. The van der Waals surface area contributed by atoms with Crippen molar-refractivity contribution in [1.29, 1.82) is 0 Å². The first kappa shape index (κ1) is 21.8. The monoisotopic (exact) mass is 458 g/mol. The topological polar surface area (TPSA) is 89.5 Å². The van der Waals surface area contributed by atoms with Crippen molar-refractivity contribution in [3.8, 4) is 11.1 Å². The molecule has 34 heavy (non-hydrogen) atoms. The zero-order chi connectivity index (χ0) is 23.7. The van der Waals surface area contributed by atoms with E-state index in [2.05, 4.69) is 9.97 Å². The number of aromatic amines is 1. The predicted octanol–water partition coefficient (Wildman–Crippen LogP) is 3.18. The molecule has 0 atom stereocenters. The van der Waals surface area contributed by atoms with E-state index >= 15 is 0 Å². The Morgan fingerprint density at radius 3 is 2.50 bits per heavy atom. The second kappa shape index (κ2) is 9.07. The molecule has 1 fully saturated rings. The van der Waals surface area contributed by atoms with E-state index in [1.165, 1.54) is 12.1 Å². The molecule has 172 valence electrons. The van der Waals surface area contributed by atoms with Gasteiger partial charge in [-0.1, -0.05) is 36.4 Å². The first-order chi connectivity index (χ1) is 16.5. The molecule has 4 aromatic rings. The van der Waals surface area contributed by atoms with Gasteiger partial charge in [-0.2, -0.15) is 0 Å². The third-order valence-electron chi connectivity index (χ3n) is 6.16. The van der Waals surface area contributed by atoms with Crippen LogP contribution >= 0.6 is 0 Å². The number of aliphatic hydroxyl groups is 1. The normalized spacial score (nSPS) is 13.9. The van der Waals surface area contributed by atoms with Crippen LogP contribution in [0.3, 0.4) is 0 Å². The second-order valence-electron chi connectivity index (χ2n) is 8.20. The molecule has 2 N–H and O–H groups in total. The molecule has 0 spiro atoms. The molecule has 0 bridgehead atoms. The van der Waals surface area contributed by atoms with E-state index in [0.717, 1.165) is 0 Å². The lowest BCUT2D eigenvalue weighted by Crippen LogP contribution is -2.49. The lowest BCUT2D eigenvalue weighted by molar-refractivity contribution is 0.0746. The molecule has 3 aromatic carbocycles. The first-order valence-electron chi connectivity index (χ1n) is 11.1. The number of H-pyrrole nitrogens is 1. The summed E-state index contributed by atoms with van der Waals surface area (Å²) in [5, 5.41) is 10.2. The van der Waals surface area contributed by atoms with Gasteiger partial charge in [-0.25, -0.2) is 9.37 Å². The molecule has 0 radical (unpaired) electrons. The molecule has 1 saturated heterocycles. The molecular formula is C26H23FN4O3. The summed E-state index contributed by atoms with van der Waals surface area (Å²) in [5.41, 5.74) is 2.26. The van der Waals surface area contributed by atoms with Crippen LogP contribution < -0.4 is 10.5 Å². The minimum absolute atomic E-state index is 0.192. The highest BCUT2D eigenvalue weighted by Gasteiger charge is 2.24. The van der Waals surface area contributed by atoms with Crippen LogP contribution in [0.4, 0.5) is 10.3 Å². The minimum Gasteiger partial charge on any atom is -0.392 e. The number of aromatic nitrogens is 2. The van der Waals surface area contributed by atoms with Gasteiger partial charge >= 0.3 is 0 Å². The number of hydrogen-bond acceptors (Lipinski definition) is 5. The van der Waals surface area contributed by atoms with Crippen molar-refractivity contribution < 1.29 is 14.3 Å². The van der Waals surface area contributed by atoms with Gasteiger partial charge < -0.3 is 14.9 Å². The van der Waals surface area contributed by atoms with E-state index in [-0.39, 0.29) is 23.6 Å². The van der Waals surface area contributed by atoms with Crippen LogP contribution in [-0.4, -0.2) is 52.1 Å². The summed E-state index contributed by atoms with van der Waals surface area (Å²) in [4.78, 5) is 36.6. The van der Waals surface area contributed by atoms with Crippen molar-refractivity contribution in [3.05, 3.63) is 94.0 Å². The molecule has 1 aliphatic rings. The summed E-state index contributed by atoms with van der Waals surface area (Å²) in [6.45, 7) is 1.67. The summed E-state index contributed by atoms with van der Waals surface area (Å²) in [5.74, 6) is -0.156. The minimum atomic E-state index is -0.450. The molecule has 1 aromatic heterocycles. The standard InChI is InChI=1S/C26H23FN4O3/c27-22-10-9-17(15-21(22)19-6-2-1-5-18(19)16-32)25(34)30-11-13-31(14-12-30)26-28-23-8-4-3-7-20(23)24(33)29-26/h1-10,15,32H,11-14,16H2,(H,28,29,33). The van der Waals surface area contributed by atoms with Gasteiger partial charge in [0.2, 0.25) is 5.95 Å². The molecule has 0 saturated carbocycles. The number of hydrogen-bond donors (Lipinski definition) is 2. The van der Waals surface area contributed by atoms with E-state index in [1.807, 2.05) is 11.0 Å². The van der Waals surface area contributed by atoms with Crippen molar-refractivity contribution >= 4 is 22.8 Å².